The van der Waals surface area contributed by atoms with E-state index in [-0.39, 0.29) is 6.61 Å². The maximum Gasteiger partial charge on any atom is 0.408 e. The fourth-order valence-electron chi connectivity index (χ4n) is 1.89. The van der Waals surface area contributed by atoms with Crippen molar-refractivity contribution >= 4 is 23.4 Å². The zero-order valence-electron chi connectivity index (χ0n) is 12.2. The summed E-state index contributed by atoms with van der Waals surface area (Å²) in [4.78, 5) is 23.6. The predicted octanol–water partition coefficient (Wildman–Crippen LogP) is 2.76. The summed E-state index contributed by atoms with van der Waals surface area (Å²) in [7, 11) is 1.29. The molecule has 0 spiro atoms. The van der Waals surface area contributed by atoms with Crippen molar-refractivity contribution in [1.29, 1.82) is 0 Å². The lowest BCUT2D eigenvalue weighted by Crippen LogP contribution is -2.43. The Morgan fingerprint density at radius 1 is 1.18 bits per heavy atom. The van der Waals surface area contributed by atoms with Crippen LogP contribution in [0.25, 0.3) is 0 Å². The molecule has 0 fully saturated rings. The molecule has 6 heteroatoms. The molecule has 1 aromatic heterocycles. The smallest absolute Gasteiger partial charge is 0.408 e. The molecule has 2 rings (SSSR count). The number of nitrogens with one attached hydrogen (secondary N) is 1. The van der Waals surface area contributed by atoms with Gasteiger partial charge in [-0.2, -0.15) is 11.3 Å². The van der Waals surface area contributed by atoms with E-state index in [9.17, 15) is 9.59 Å². The fraction of sp³-hybridized carbons (Fsp3) is 0.250. The molecular weight excluding hydrogens is 302 g/mol. The number of ether oxygens (including phenoxy) is 2. The minimum Gasteiger partial charge on any atom is -0.467 e. The van der Waals surface area contributed by atoms with Crippen molar-refractivity contribution in [3.63, 3.8) is 0 Å². The summed E-state index contributed by atoms with van der Waals surface area (Å²) in [5, 5.41) is 6.38. The largest absolute Gasteiger partial charge is 0.467 e. The lowest BCUT2D eigenvalue weighted by atomic mass is 10.1. The molecule has 0 aliphatic rings. The highest BCUT2D eigenvalue weighted by Crippen LogP contribution is 2.10. The van der Waals surface area contributed by atoms with Gasteiger partial charge in [-0.25, -0.2) is 9.59 Å². The summed E-state index contributed by atoms with van der Waals surface area (Å²) >= 11 is 1.53. The molecule has 1 heterocycles. The normalized spacial score (nSPS) is 11.5. The number of amides is 1. The van der Waals surface area contributed by atoms with E-state index in [2.05, 4.69) is 5.32 Å². The Morgan fingerprint density at radius 2 is 1.95 bits per heavy atom. The van der Waals surface area contributed by atoms with Gasteiger partial charge in [-0.15, -0.1) is 0 Å². The maximum atomic E-state index is 11.8. The lowest BCUT2D eigenvalue weighted by molar-refractivity contribution is -0.143. The van der Waals surface area contributed by atoms with Crippen LogP contribution in [0, 0.1) is 0 Å². The van der Waals surface area contributed by atoms with E-state index < -0.39 is 18.1 Å². The number of methoxy groups -OCH3 is 1. The summed E-state index contributed by atoms with van der Waals surface area (Å²) in [6, 6.07) is 10.5. The van der Waals surface area contributed by atoms with Crippen LogP contribution in [0.1, 0.15) is 11.1 Å². The number of thiophene rings is 1. The topological polar surface area (TPSA) is 64.6 Å². The molecule has 0 saturated heterocycles. The standard InChI is InChI=1S/C16H17NO4S/c1-20-15(18)14(9-13-7-8-22-11-13)17-16(19)21-10-12-5-3-2-4-6-12/h2-8,11,14H,9-10H2,1H3,(H,17,19)/t14-/m0/s1. The Hall–Kier alpha value is -2.34. The van der Waals surface area contributed by atoms with Crippen LogP contribution in [-0.4, -0.2) is 25.2 Å². The van der Waals surface area contributed by atoms with Crippen molar-refractivity contribution < 1.29 is 19.1 Å². The molecular formula is C16H17NO4S. The van der Waals surface area contributed by atoms with Gasteiger partial charge in [-0.05, 0) is 28.0 Å². The summed E-state index contributed by atoms with van der Waals surface area (Å²) < 4.78 is 9.84. The molecule has 0 aliphatic heterocycles. The highest BCUT2D eigenvalue weighted by atomic mass is 32.1. The maximum absolute atomic E-state index is 11.8. The summed E-state index contributed by atoms with van der Waals surface area (Å²) in [5.41, 5.74) is 1.84. The van der Waals surface area contributed by atoms with Crippen LogP contribution in [0.4, 0.5) is 4.79 Å². The van der Waals surface area contributed by atoms with E-state index >= 15 is 0 Å². The Balaban J connectivity index is 1.88. The molecule has 0 unspecified atom stereocenters. The van der Waals surface area contributed by atoms with Gasteiger partial charge in [0.2, 0.25) is 0 Å². The van der Waals surface area contributed by atoms with Gasteiger partial charge in [0.25, 0.3) is 0 Å². The van der Waals surface area contributed by atoms with Gasteiger partial charge in [0.05, 0.1) is 7.11 Å². The predicted molar refractivity (Wildman–Crippen MR) is 83.6 cm³/mol. The third kappa shape index (κ3) is 4.89. The van der Waals surface area contributed by atoms with Crippen molar-refractivity contribution in [2.24, 2.45) is 0 Å². The van der Waals surface area contributed by atoms with E-state index in [4.69, 9.17) is 9.47 Å². The first-order valence-corrected chi connectivity index (χ1v) is 7.69. The quantitative estimate of drug-likeness (QED) is 0.832. The Bertz CT molecular complexity index is 598. The average Bonchev–Trinajstić information content (AvgIpc) is 3.05. The molecule has 22 heavy (non-hydrogen) atoms. The van der Waals surface area contributed by atoms with Gasteiger partial charge in [0, 0.05) is 6.42 Å². The number of carbonyl (C=O) groups is 2. The second kappa shape index (κ2) is 8.19. The number of hydrogen-bond donors (Lipinski definition) is 1. The number of hydrogen-bond acceptors (Lipinski definition) is 5. The summed E-state index contributed by atoms with van der Waals surface area (Å²) in [5.74, 6) is -0.497. The third-order valence-electron chi connectivity index (χ3n) is 3.01. The van der Waals surface area contributed by atoms with E-state index in [1.54, 1.807) is 0 Å². The monoisotopic (exact) mass is 319 g/mol. The molecule has 2 aromatic rings. The average molecular weight is 319 g/mol. The molecule has 5 nitrogen and oxygen atoms in total. The molecule has 1 atom stereocenters. The highest BCUT2D eigenvalue weighted by Gasteiger charge is 2.22. The minimum absolute atomic E-state index is 0.152. The molecule has 0 aliphatic carbocycles. The molecule has 1 aromatic carbocycles. The van der Waals surface area contributed by atoms with Crippen molar-refractivity contribution in [1.82, 2.24) is 5.32 Å². The van der Waals surface area contributed by atoms with Gasteiger partial charge in [0.1, 0.15) is 12.6 Å². The van der Waals surface area contributed by atoms with E-state index in [0.29, 0.717) is 6.42 Å². The molecule has 0 saturated carbocycles. The fourth-order valence-corrected chi connectivity index (χ4v) is 2.57. The van der Waals surface area contributed by atoms with Crippen LogP contribution < -0.4 is 5.32 Å². The van der Waals surface area contributed by atoms with Crippen molar-refractivity contribution in [2.75, 3.05) is 7.11 Å². The van der Waals surface area contributed by atoms with Crippen LogP contribution in [0.15, 0.2) is 47.2 Å². The Labute approximate surface area is 132 Å². The highest BCUT2D eigenvalue weighted by molar-refractivity contribution is 7.07. The number of esters is 1. The van der Waals surface area contributed by atoms with Crippen LogP contribution in [0.3, 0.4) is 0 Å². The molecule has 116 valence electrons. The van der Waals surface area contributed by atoms with Crippen LogP contribution in [-0.2, 0) is 27.3 Å². The van der Waals surface area contributed by atoms with Gasteiger partial charge in [0.15, 0.2) is 0 Å². The molecule has 0 radical (unpaired) electrons. The summed E-state index contributed by atoms with van der Waals surface area (Å²) in [6.45, 7) is 0.152. The first-order valence-electron chi connectivity index (χ1n) is 6.75. The zero-order valence-corrected chi connectivity index (χ0v) is 13.0. The number of benzene rings is 1. The van der Waals surface area contributed by atoms with Crippen molar-refractivity contribution in [3.05, 3.63) is 58.3 Å². The van der Waals surface area contributed by atoms with E-state index in [1.165, 1.54) is 18.4 Å². The Kier molecular flexibility index (Phi) is 5.97. The zero-order chi connectivity index (χ0) is 15.8. The first-order chi connectivity index (χ1) is 10.7. The van der Waals surface area contributed by atoms with Crippen LogP contribution in [0.2, 0.25) is 0 Å². The van der Waals surface area contributed by atoms with Crippen LogP contribution in [0.5, 0.6) is 0 Å². The van der Waals surface area contributed by atoms with Crippen molar-refractivity contribution in [2.45, 2.75) is 19.1 Å². The van der Waals surface area contributed by atoms with Crippen LogP contribution >= 0.6 is 11.3 Å². The van der Waals surface area contributed by atoms with Gasteiger partial charge < -0.3 is 14.8 Å². The molecule has 1 N–H and O–H groups in total. The van der Waals surface area contributed by atoms with Gasteiger partial charge in [-0.3, -0.25) is 0 Å². The molecule has 1 amide bonds. The summed E-state index contributed by atoms with van der Waals surface area (Å²) in [6.07, 6.45) is -0.272. The number of rotatable bonds is 6. The second-order valence-electron chi connectivity index (χ2n) is 4.62. The van der Waals surface area contributed by atoms with E-state index in [0.717, 1.165) is 11.1 Å². The van der Waals surface area contributed by atoms with Gasteiger partial charge >= 0.3 is 12.1 Å². The van der Waals surface area contributed by atoms with Crippen molar-refractivity contribution in [3.8, 4) is 0 Å². The lowest BCUT2D eigenvalue weighted by Gasteiger charge is -2.16. The SMILES string of the molecule is COC(=O)[C@H](Cc1ccsc1)NC(=O)OCc1ccccc1. The van der Waals surface area contributed by atoms with E-state index in [1.807, 2.05) is 47.2 Å². The number of carbonyl (C=O) groups excluding carboxylic acids is 2. The third-order valence-corrected chi connectivity index (χ3v) is 3.74. The Morgan fingerprint density at radius 3 is 2.59 bits per heavy atom. The second-order valence-corrected chi connectivity index (χ2v) is 5.40. The molecule has 0 bridgehead atoms. The van der Waals surface area contributed by atoms with Gasteiger partial charge in [-0.1, -0.05) is 30.3 Å². The number of alkyl carbamates (subject to hydrolysis) is 1. The minimum atomic E-state index is -0.761. The first kappa shape index (κ1) is 16.0.